The molecule has 3 nitrogen and oxygen atoms in total. The van der Waals surface area contributed by atoms with Gasteiger partial charge in [-0.2, -0.15) is 0 Å². The van der Waals surface area contributed by atoms with Gasteiger partial charge in [-0.3, -0.25) is 0 Å². The van der Waals surface area contributed by atoms with Crippen molar-refractivity contribution in [3.63, 3.8) is 0 Å². The van der Waals surface area contributed by atoms with E-state index in [0.717, 1.165) is 16.7 Å². The Morgan fingerprint density at radius 2 is 1.50 bits per heavy atom. The van der Waals surface area contributed by atoms with Gasteiger partial charge in [-0.1, -0.05) is 29.8 Å². The average Bonchev–Trinajstić information content (AvgIpc) is 2.38. The van der Waals surface area contributed by atoms with E-state index in [-0.39, 0.29) is 5.97 Å². The van der Waals surface area contributed by atoms with Crippen LogP contribution in [0.2, 0.25) is 0 Å². The first-order valence-electron chi connectivity index (χ1n) is 6.46. The van der Waals surface area contributed by atoms with Crippen LogP contribution >= 0.6 is 0 Å². The zero-order valence-corrected chi connectivity index (χ0v) is 12.2. The van der Waals surface area contributed by atoms with Gasteiger partial charge in [-0.15, -0.1) is 0 Å². The SMILES string of the molecule is COc1ccccc1OC(=O)c1c(C)cc(C)cc1C. The fraction of sp³-hybridized carbons (Fsp3) is 0.235. The largest absolute Gasteiger partial charge is 0.493 e. The molecule has 0 unspecified atom stereocenters. The van der Waals surface area contributed by atoms with Crippen molar-refractivity contribution >= 4 is 5.97 Å². The third kappa shape index (κ3) is 2.82. The molecule has 0 heterocycles. The van der Waals surface area contributed by atoms with E-state index in [0.29, 0.717) is 17.1 Å². The number of aryl methyl sites for hydroxylation is 3. The summed E-state index contributed by atoms with van der Waals surface area (Å²) < 4.78 is 10.6. The number of ether oxygens (including phenoxy) is 2. The van der Waals surface area contributed by atoms with Gasteiger partial charge < -0.3 is 9.47 Å². The second-order valence-electron chi connectivity index (χ2n) is 4.81. The van der Waals surface area contributed by atoms with Crippen LogP contribution < -0.4 is 9.47 Å². The highest BCUT2D eigenvalue weighted by Crippen LogP contribution is 2.27. The fourth-order valence-electron chi connectivity index (χ4n) is 2.36. The highest BCUT2D eigenvalue weighted by molar-refractivity contribution is 5.94. The predicted octanol–water partition coefficient (Wildman–Crippen LogP) is 3.84. The van der Waals surface area contributed by atoms with Crippen molar-refractivity contribution in [1.82, 2.24) is 0 Å². The van der Waals surface area contributed by atoms with Crippen LogP contribution in [-0.2, 0) is 0 Å². The first-order chi connectivity index (χ1) is 9.52. The molecule has 0 atom stereocenters. The van der Waals surface area contributed by atoms with Gasteiger partial charge in [0.15, 0.2) is 11.5 Å². The summed E-state index contributed by atoms with van der Waals surface area (Å²) in [7, 11) is 1.55. The summed E-state index contributed by atoms with van der Waals surface area (Å²) in [6.07, 6.45) is 0. The molecule has 0 radical (unpaired) electrons. The number of hydrogen-bond acceptors (Lipinski definition) is 3. The minimum atomic E-state index is -0.357. The van der Waals surface area contributed by atoms with Crippen LogP contribution in [0.4, 0.5) is 0 Å². The number of benzene rings is 2. The molecule has 0 bridgehead atoms. The van der Waals surface area contributed by atoms with Crippen LogP contribution in [0.1, 0.15) is 27.0 Å². The van der Waals surface area contributed by atoms with Gasteiger partial charge in [0.05, 0.1) is 12.7 Å². The third-order valence-corrected chi connectivity index (χ3v) is 3.15. The van der Waals surface area contributed by atoms with Crippen molar-refractivity contribution < 1.29 is 14.3 Å². The van der Waals surface area contributed by atoms with Gasteiger partial charge in [0.2, 0.25) is 0 Å². The lowest BCUT2D eigenvalue weighted by atomic mass is 10.00. The van der Waals surface area contributed by atoms with Crippen molar-refractivity contribution in [2.24, 2.45) is 0 Å². The lowest BCUT2D eigenvalue weighted by Gasteiger charge is -2.12. The molecule has 0 spiro atoms. The van der Waals surface area contributed by atoms with E-state index in [2.05, 4.69) is 0 Å². The topological polar surface area (TPSA) is 35.5 Å². The summed E-state index contributed by atoms with van der Waals surface area (Å²) in [6, 6.07) is 11.1. The average molecular weight is 270 g/mol. The van der Waals surface area contributed by atoms with Gasteiger partial charge in [0.25, 0.3) is 0 Å². The highest BCUT2D eigenvalue weighted by Gasteiger charge is 2.16. The zero-order chi connectivity index (χ0) is 14.7. The van der Waals surface area contributed by atoms with Crippen LogP contribution in [0.3, 0.4) is 0 Å². The molecule has 2 aromatic rings. The monoisotopic (exact) mass is 270 g/mol. The number of rotatable bonds is 3. The van der Waals surface area contributed by atoms with E-state index < -0.39 is 0 Å². The Morgan fingerprint density at radius 3 is 2.05 bits per heavy atom. The molecule has 0 amide bonds. The molecule has 20 heavy (non-hydrogen) atoms. The maximum atomic E-state index is 12.4. The van der Waals surface area contributed by atoms with Gasteiger partial charge in [0, 0.05) is 0 Å². The summed E-state index contributed by atoms with van der Waals surface area (Å²) in [5.41, 5.74) is 3.58. The number of carbonyl (C=O) groups is 1. The summed E-state index contributed by atoms with van der Waals surface area (Å²) in [5, 5.41) is 0. The van der Waals surface area contributed by atoms with E-state index in [1.807, 2.05) is 39.0 Å². The summed E-state index contributed by atoms with van der Waals surface area (Å²) in [5.74, 6) is 0.618. The molecule has 3 heteroatoms. The molecule has 0 aliphatic heterocycles. The molecule has 104 valence electrons. The van der Waals surface area contributed by atoms with Crippen LogP contribution in [0.25, 0.3) is 0 Å². The molecule has 0 aliphatic rings. The van der Waals surface area contributed by atoms with Crippen LogP contribution in [0, 0.1) is 20.8 Å². The van der Waals surface area contributed by atoms with Gasteiger partial charge in [-0.25, -0.2) is 4.79 Å². The molecular formula is C17H18O3. The summed E-state index contributed by atoms with van der Waals surface area (Å²) in [6.45, 7) is 5.84. The Balaban J connectivity index is 2.34. The van der Waals surface area contributed by atoms with Gasteiger partial charge in [-0.05, 0) is 44.0 Å². The van der Waals surface area contributed by atoms with E-state index >= 15 is 0 Å². The quantitative estimate of drug-likeness (QED) is 0.628. The van der Waals surface area contributed by atoms with Crippen molar-refractivity contribution in [3.05, 3.63) is 58.7 Å². The lowest BCUT2D eigenvalue weighted by Crippen LogP contribution is -2.13. The van der Waals surface area contributed by atoms with E-state index in [1.165, 1.54) is 0 Å². The van der Waals surface area contributed by atoms with Crippen molar-refractivity contribution in [2.75, 3.05) is 7.11 Å². The first kappa shape index (κ1) is 14.1. The molecule has 0 fully saturated rings. The molecule has 2 rings (SSSR count). The summed E-state index contributed by atoms with van der Waals surface area (Å²) >= 11 is 0. The molecule has 0 N–H and O–H groups in total. The smallest absolute Gasteiger partial charge is 0.344 e. The van der Waals surface area contributed by atoms with Crippen LogP contribution in [-0.4, -0.2) is 13.1 Å². The number of carbonyl (C=O) groups excluding carboxylic acids is 1. The van der Waals surface area contributed by atoms with E-state index in [1.54, 1.807) is 25.3 Å². The third-order valence-electron chi connectivity index (χ3n) is 3.15. The van der Waals surface area contributed by atoms with Crippen LogP contribution in [0.5, 0.6) is 11.5 Å². The minimum absolute atomic E-state index is 0.357. The van der Waals surface area contributed by atoms with E-state index in [9.17, 15) is 4.79 Å². The molecule has 2 aromatic carbocycles. The van der Waals surface area contributed by atoms with Crippen molar-refractivity contribution in [1.29, 1.82) is 0 Å². The Morgan fingerprint density at radius 1 is 0.950 bits per heavy atom. The second-order valence-corrected chi connectivity index (χ2v) is 4.81. The second kappa shape index (κ2) is 5.78. The van der Waals surface area contributed by atoms with Gasteiger partial charge in [0.1, 0.15) is 0 Å². The maximum absolute atomic E-state index is 12.4. The maximum Gasteiger partial charge on any atom is 0.344 e. The van der Waals surface area contributed by atoms with Crippen molar-refractivity contribution in [2.45, 2.75) is 20.8 Å². The number of para-hydroxylation sites is 2. The van der Waals surface area contributed by atoms with Gasteiger partial charge >= 0.3 is 5.97 Å². The molecule has 0 saturated carbocycles. The Hall–Kier alpha value is -2.29. The number of methoxy groups -OCH3 is 1. The van der Waals surface area contributed by atoms with Crippen molar-refractivity contribution in [3.8, 4) is 11.5 Å². The normalized spacial score (nSPS) is 10.2. The predicted molar refractivity (Wildman–Crippen MR) is 78.6 cm³/mol. The van der Waals surface area contributed by atoms with E-state index in [4.69, 9.17) is 9.47 Å². The zero-order valence-electron chi connectivity index (χ0n) is 12.2. The molecule has 0 aromatic heterocycles. The Bertz CT molecular complexity index is 621. The Kier molecular flexibility index (Phi) is 4.08. The highest BCUT2D eigenvalue weighted by atomic mass is 16.6. The molecule has 0 saturated heterocycles. The van der Waals surface area contributed by atoms with Crippen LogP contribution in [0.15, 0.2) is 36.4 Å². The molecule has 0 aliphatic carbocycles. The number of esters is 1. The Labute approximate surface area is 119 Å². The fourth-order valence-corrected chi connectivity index (χ4v) is 2.36. The first-order valence-corrected chi connectivity index (χ1v) is 6.46. The lowest BCUT2D eigenvalue weighted by molar-refractivity contribution is 0.0728. The molecular weight excluding hydrogens is 252 g/mol. The minimum Gasteiger partial charge on any atom is -0.493 e. The number of hydrogen-bond donors (Lipinski definition) is 0. The summed E-state index contributed by atoms with van der Waals surface area (Å²) in [4.78, 5) is 12.4. The standard InChI is InChI=1S/C17H18O3/c1-11-9-12(2)16(13(3)10-11)17(18)20-15-8-6-5-7-14(15)19-4/h5-10H,1-4H3.